The van der Waals surface area contributed by atoms with Crippen LogP contribution in [0, 0.1) is 5.92 Å². The van der Waals surface area contributed by atoms with Crippen molar-refractivity contribution in [3.05, 3.63) is 30.3 Å². The van der Waals surface area contributed by atoms with E-state index >= 15 is 0 Å². The van der Waals surface area contributed by atoms with Crippen LogP contribution < -0.4 is 10.5 Å². The molecule has 1 aromatic rings. The lowest BCUT2D eigenvalue weighted by Crippen LogP contribution is -2.28. The van der Waals surface area contributed by atoms with Gasteiger partial charge in [0.2, 0.25) is 0 Å². The normalized spacial score (nSPS) is 17.8. The highest BCUT2D eigenvalue weighted by molar-refractivity contribution is 5.20. The smallest absolute Gasteiger partial charge is 0.119 e. The third-order valence-electron chi connectivity index (χ3n) is 2.54. The SMILES string of the molecule is NC(COc1ccccc1)CC1CC1. The van der Waals surface area contributed by atoms with E-state index in [1.807, 2.05) is 30.3 Å². The van der Waals surface area contributed by atoms with Crippen LogP contribution in [0.3, 0.4) is 0 Å². The fraction of sp³-hybridized carbons (Fsp3) is 0.500. The van der Waals surface area contributed by atoms with Gasteiger partial charge in [0.1, 0.15) is 12.4 Å². The summed E-state index contributed by atoms with van der Waals surface area (Å²) in [7, 11) is 0. The van der Waals surface area contributed by atoms with E-state index in [4.69, 9.17) is 10.5 Å². The quantitative estimate of drug-likeness (QED) is 0.774. The van der Waals surface area contributed by atoms with Crippen molar-refractivity contribution in [1.29, 1.82) is 0 Å². The molecular formula is C12H17NO. The summed E-state index contributed by atoms with van der Waals surface area (Å²) in [6.45, 7) is 0.639. The summed E-state index contributed by atoms with van der Waals surface area (Å²) < 4.78 is 5.57. The molecule has 0 heterocycles. The molecule has 2 rings (SSSR count). The van der Waals surface area contributed by atoms with Crippen LogP contribution in [0.25, 0.3) is 0 Å². The highest BCUT2D eigenvalue weighted by Crippen LogP contribution is 2.33. The predicted molar refractivity (Wildman–Crippen MR) is 57.3 cm³/mol. The Labute approximate surface area is 85.1 Å². The minimum Gasteiger partial charge on any atom is -0.492 e. The number of para-hydroxylation sites is 1. The van der Waals surface area contributed by atoms with Gasteiger partial charge in [-0.1, -0.05) is 31.0 Å². The Morgan fingerprint density at radius 1 is 1.29 bits per heavy atom. The van der Waals surface area contributed by atoms with Gasteiger partial charge in [0.15, 0.2) is 0 Å². The van der Waals surface area contributed by atoms with Crippen molar-refractivity contribution in [2.75, 3.05) is 6.61 Å². The van der Waals surface area contributed by atoms with Crippen molar-refractivity contribution in [3.8, 4) is 5.75 Å². The lowest BCUT2D eigenvalue weighted by atomic mass is 10.1. The first-order chi connectivity index (χ1) is 6.84. The van der Waals surface area contributed by atoms with E-state index in [0.29, 0.717) is 6.61 Å². The van der Waals surface area contributed by atoms with E-state index in [0.717, 1.165) is 18.1 Å². The second-order valence-electron chi connectivity index (χ2n) is 4.06. The Morgan fingerprint density at radius 2 is 2.00 bits per heavy atom. The van der Waals surface area contributed by atoms with Crippen LogP contribution in [-0.2, 0) is 0 Å². The Kier molecular flexibility index (Phi) is 3.04. The molecule has 0 bridgehead atoms. The summed E-state index contributed by atoms with van der Waals surface area (Å²) in [6.07, 6.45) is 3.84. The van der Waals surface area contributed by atoms with Crippen LogP contribution >= 0.6 is 0 Å². The third-order valence-corrected chi connectivity index (χ3v) is 2.54. The lowest BCUT2D eigenvalue weighted by Gasteiger charge is -2.12. The lowest BCUT2D eigenvalue weighted by molar-refractivity contribution is 0.278. The molecule has 1 aromatic carbocycles. The molecule has 0 spiro atoms. The van der Waals surface area contributed by atoms with Crippen molar-refractivity contribution in [3.63, 3.8) is 0 Å². The van der Waals surface area contributed by atoms with Crippen LogP contribution in [0.15, 0.2) is 30.3 Å². The van der Waals surface area contributed by atoms with Crippen molar-refractivity contribution in [2.45, 2.75) is 25.3 Å². The second-order valence-corrected chi connectivity index (χ2v) is 4.06. The molecule has 2 N–H and O–H groups in total. The zero-order valence-electron chi connectivity index (χ0n) is 8.36. The van der Waals surface area contributed by atoms with Crippen LogP contribution in [0.5, 0.6) is 5.75 Å². The largest absolute Gasteiger partial charge is 0.492 e. The van der Waals surface area contributed by atoms with Crippen molar-refractivity contribution in [1.82, 2.24) is 0 Å². The van der Waals surface area contributed by atoms with E-state index in [9.17, 15) is 0 Å². The van der Waals surface area contributed by atoms with Crippen molar-refractivity contribution in [2.24, 2.45) is 11.7 Å². The molecular weight excluding hydrogens is 174 g/mol. The van der Waals surface area contributed by atoms with Gasteiger partial charge in [0, 0.05) is 6.04 Å². The average Bonchev–Trinajstić information content (AvgIpc) is 3.00. The van der Waals surface area contributed by atoms with Crippen LogP contribution in [-0.4, -0.2) is 12.6 Å². The number of hydrogen-bond acceptors (Lipinski definition) is 2. The van der Waals surface area contributed by atoms with Gasteiger partial charge in [0.25, 0.3) is 0 Å². The third kappa shape index (κ3) is 3.04. The maximum atomic E-state index is 5.94. The first-order valence-corrected chi connectivity index (χ1v) is 5.28. The molecule has 1 saturated carbocycles. The predicted octanol–water partition coefficient (Wildman–Crippen LogP) is 2.19. The van der Waals surface area contributed by atoms with Crippen LogP contribution in [0.2, 0.25) is 0 Å². The highest BCUT2D eigenvalue weighted by Gasteiger charge is 2.23. The van der Waals surface area contributed by atoms with E-state index in [1.165, 1.54) is 12.8 Å². The average molecular weight is 191 g/mol. The first-order valence-electron chi connectivity index (χ1n) is 5.28. The molecule has 14 heavy (non-hydrogen) atoms. The molecule has 1 fully saturated rings. The fourth-order valence-electron chi connectivity index (χ4n) is 1.57. The zero-order chi connectivity index (χ0) is 9.80. The van der Waals surface area contributed by atoms with Gasteiger partial charge in [-0.25, -0.2) is 0 Å². The molecule has 0 radical (unpaired) electrons. The maximum absolute atomic E-state index is 5.94. The van der Waals surface area contributed by atoms with E-state index in [1.54, 1.807) is 0 Å². The topological polar surface area (TPSA) is 35.2 Å². The van der Waals surface area contributed by atoms with Crippen molar-refractivity contribution >= 4 is 0 Å². The molecule has 0 aliphatic heterocycles. The molecule has 2 heteroatoms. The van der Waals surface area contributed by atoms with E-state index in [-0.39, 0.29) is 6.04 Å². The molecule has 0 aromatic heterocycles. The van der Waals surface area contributed by atoms with Gasteiger partial charge in [-0.05, 0) is 24.5 Å². The molecule has 1 atom stereocenters. The molecule has 1 aliphatic carbocycles. The molecule has 76 valence electrons. The standard InChI is InChI=1S/C12H17NO/c13-11(8-10-6-7-10)9-14-12-4-2-1-3-5-12/h1-5,10-11H,6-9,13H2. The molecule has 1 aliphatic rings. The summed E-state index contributed by atoms with van der Waals surface area (Å²) in [5.74, 6) is 1.79. The Hall–Kier alpha value is -1.02. The Balaban J connectivity index is 1.70. The number of nitrogens with two attached hydrogens (primary N) is 1. The monoisotopic (exact) mass is 191 g/mol. The van der Waals surface area contributed by atoms with Gasteiger partial charge in [-0.3, -0.25) is 0 Å². The number of ether oxygens (including phenoxy) is 1. The number of rotatable bonds is 5. The van der Waals surface area contributed by atoms with Gasteiger partial charge in [0.05, 0.1) is 0 Å². The fourth-order valence-corrected chi connectivity index (χ4v) is 1.57. The summed E-state index contributed by atoms with van der Waals surface area (Å²) in [4.78, 5) is 0. The van der Waals surface area contributed by atoms with Gasteiger partial charge >= 0.3 is 0 Å². The highest BCUT2D eigenvalue weighted by atomic mass is 16.5. The minimum atomic E-state index is 0.197. The van der Waals surface area contributed by atoms with Gasteiger partial charge in [-0.15, -0.1) is 0 Å². The molecule has 2 nitrogen and oxygen atoms in total. The Bertz CT molecular complexity index is 269. The molecule has 0 saturated heterocycles. The van der Waals surface area contributed by atoms with Crippen molar-refractivity contribution < 1.29 is 4.74 Å². The van der Waals surface area contributed by atoms with Crippen LogP contribution in [0.1, 0.15) is 19.3 Å². The summed E-state index contributed by atoms with van der Waals surface area (Å²) in [5, 5.41) is 0. The zero-order valence-corrected chi connectivity index (χ0v) is 8.36. The van der Waals surface area contributed by atoms with E-state index < -0.39 is 0 Å². The second kappa shape index (κ2) is 4.47. The number of benzene rings is 1. The maximum Gasteiger partial charge on any atom is 0.119 e. The molecule has 1 unspecified atom stereocenters. The van der Waals surface area contributed by atoms with E-state index in [2.05, 4.69) is 0 Å². The summed E-state index contributed by atoms with van der Waals surface area (Å²) in [6, 6.07) is 10.1. The number of hydrogen-bond donors (Lipinski definition) is 1. The molecule has 0 amide bonds. The van der Waals surface area contributed by atoms with Gasteiger partial charge < -0.3 is 10.5 Å². The van der Waals surface area contributed by atoms with Crippen LogP contribution in [0.4, 0.5) is 0 Å². The van der Waals surface area contributed by atoms with Gasteiger partial charge in [-0.2, -0.15) is 0 Å². The first kappa shape index (κ1) is 9.53. The summed E-state index contributed by atoms with van der Waals surface area (Å²) in [5.41, 5.74) is 5.94. The Morgan fingerprint density at radius 3 is 2.64 bits per heavy atom. The summed E-state index contributed by atoms with van der Waals surface area (Å²) >= 11 is 0. The minimum absolute atomic E-state index is 0.197.